The van der Waals surface area contributed by atoms with Crippen molar-refractivity contribution in [3.8, 4) is 6.07 Å². The maximum atomic E-state index is 12.0. The number of carbonyl (C=O) groups excluding carboxylic acids is 2. The number of hydrogen-bond donors (Lipinski definition) is 1. The van der Waals surface area contributed by atoms with E-state index in [2.05, 4.69) is 21.4 Å². The van der Waals surface area contributed by atoms with Gasteiger partial charge in [-0.1, -0.05) is 0 Å². The summed E-state index contributed by atoms with van der Waals surface area (Å²) in [4.78, 5) is 32.0. The van der Waals surface area contributed by atoms with Crippen LogP contribution in [-0.2, 0) is 20.7 Å². The number of rotatable bonds is 8. The summed E-state index contributed by atoms with van der Waals surface area (Å²) >= 11 is 2.63. The average molecular weight is 390 g/mol. The summed E-state index contributed by atoms with van der Waals surface area (Å²) in [6, 6.07) is 5.61. The SMILES string of the molecule is CCOC(=O)Cc1csc(NC(=O)CCSc2nc(C)ccc2C#N)n1. The second-order valence-corrected chi connectivity index (χ2v) is 7.13. The van der Waals surface area contributed by atoms with Crippen LogP contribution in [0, 0.1) is 18.3 Å². The number of aryl methyl sites for hydroxylation is 1. The fourth-order valence-electron chi connectivity index (χ4n) is 1.96. The number of nitrogens with one attached hydrogen (secondary N) is 1. The van der Waals surface area contributed by atoms with Crippen molar-refractivity contribution in [2.24, 2.45) is 0 Å². The summed E-state index contributed by atoms with van der Waals surface area (Å²) in [5.41, 5.74) is 1.90. The second-order valence-electron chi connectivity index (χ2n) is 5.19. The van der Waals surface area contributed by atoms with E-state index in [0.29, 0.717) is 33.8 Å². The van der Waals surface area contributed by atoms with Gasteiger partial charge < -0.3 is 10.1 Å². The van der Waals surface area contributed by atoms with E-state index >= 15 is 0 Å². The van der Waals surface area contributed by atoms with Gasteiger partial charge in [0, 0.05) is 23.2 Å². The quantitative estimate of drug-likeness (QED) is 0.546. The van der Waals surface area contributed by atoms with E-state index in [4.69, 9.17) is 10.00 Å². The summed E-state index contributed by atoms with van der Waals surface area (Å²) < 4.78 is 4.87. The van der Waals surface area contributed by atoms with Gasteiger partial charge in [-0.3, -0.25) is 9.59 Å². The molecule has 0 fully saturated rings. The molecule has 9 heteroatoms. The lowest BCUT2D eigenvalue weighted by molar-refractivity contribution is -0.142. The van der Waals surface area contributed by atoms with Gasteiger partial charge in [0.1, 0.15) is 11.1 Å². The van der Waals surface area contributed by atoms with Crippen molar-refractivity contribution < 1.29 is 14.3 Å². The molecule has 7 nitrogen and oxygen atoms in total. The van der Waals surface area contributed by atoms with Gasteiger partial charge in [-0.05, 0) is 26.0 Å². The van der Waals surface area contributed by atoms with Crippen LogP contribution in [0.15, 0.2) is 22.5 Å². The molecule has 0 aliphatic rings. The third kappa shape index (κ3) is 6.13. The summed E-state index contributed by atoms with van der Waals surface area (Å²) in [5.74, 6) is -0.0235. The summed E-state index contributed by atoms with van der Waals surface area (Å²) in [6.45, 7) is 3.93. The highest BCUT2D eigenvalue weighted by atomic mass is 32.2. The Bertz CT molecular complexity index is 830. The fourth-order valence-corrected chi connectivity index (χ4v) is 3.64. The van der Waals surface area contributed by atoms with Gasteiger partial charge in [0.05, 0.1) is 24.3 Å². The number of esters is 1. The van der Waals surface area contributed by atoms with Crippen LogP contribution in [-0.4, -0.2) is 34.2 Å². The lowest BCUT2D eigenvalue weighted by Gasteiger charge is -2.04. The fraction of sp³-hybridized carbons (Fsp3) is 0.353. The molecule has 0 atom stereocenters. The summed E-state index contributed by atoms with van der Waals surface area (Å²) in [5, 5.41) is 14.6. The monoisotopic (exact) mass is 390 g/mol. The normalized spacial score (nSPS) is 10.2. The van der Waals surface area contributed by atoms with E-state index in [0.717, 1.165) is 5.69 Å². The number of anilines is 1. The molecule has 2 rings (SSSR count). The number of amides is 1. The van der Waals surface area contributed by atoms with Gasteiger partial charge in [-0.25, -0.2) is 9.97 Å². The Labute approximate surface area is 159 Å². The highest BCUT2D eigenvalue weighted by Crippen LogP contribution is 2.22. The largest absolute Gasteiger partial charge is 0.466 e. The number of aromatic nitrogens is 2. The predicted molar refractivity (Wildman–Crippen MR) is 100 cm³/mol. The molecule has 1 N–H and O–H groups in total. The molecule has 0 aliphatic heterocycles. The predicted octanol–water partition coefficient (Wildman–Crippen LogP) is 2.94. The zero-order valence-corrected chi connectivity index (χ0v) is 16.1. The molecule has 2 heterocycles. The molecule has 0 aliphatic carbocycles. The molecule has 2 aromatic heterocycles. The van der Waals surface area contributed by atoms with Crippen molar-refractivity contribution >= 4 is 40.1 Å². The zero-order chi connectivity index (χ0) is 18.9. The lowest BCUT2D eigenvalue weighted by atomic mass is 10.3. The molecule has 136 valence electrons. The third-order valence-electron chi connectivity index (χ3n) is 3.12. The van der Waals surface area contributed by atoms with Gasteiger partial charge >= 0.3 is 5.97 Å². The first-order valence-corrected chi connectivity index (χ1v) is 9.78. The number of carbonyl (C=O) groups is 2. The number of thiazole rings is 1. The smallest absolute Gasteiger partial charge is 0.311 e. The van der Waals surface area contributed by atoms with Crippen LogP contribution in [0.3, 0.4) is 0 Å². The van der Waals surface area contributed by atoms with E-state index in [1.807, 2.05) is 6.92 Å². The van der Waals surface area contributed by atoms with Crippen LogP contribution >= 0.6 is 23.1 Å². The van der Waals surface area contributed by atoms with Crippen molar-refractivity contribution in [3.05, 3.63) is 34.5 Å². The molecule has 2 aromatic rings. The minimum Gasteiger partial charge on any atom is -0.466 e. The van der Waals surface area contributed by atoms with Crippen LogP contribution < -0.4 is 5.32 Å². The van der Waals surface area contributed by atoms with Crippen molar-refractivity contribution in [1.82, 2.24) is 9.97 Å². The Morgan fingerprint density at radius 2 is 2.19 bits per heavy atom. The Morgan fingerprint density at radius 1 is 1.38 bits per heavy atom. The van der Waals surface area contributed by atoms with Gasteiger partial charge in [0.15, 0.2) is 5.13 Å². The van der Waals surface area contributed by atoms with Crippen LogP contribution in [0.2, 0.25) is 0 Å². The topological polar surface area (TPSA) is 105 Å². The average Bonchev–Trinajstić information content (AvgIpc) is 3.02. The van der Waals surface area contributed by atoms with Crippen molar-refractivity contribution in [1.29, 1.82) is 5.26 Å². The first kappa shape index (κ1) is 19.9. The molecule has 0 unspecified atom stereocenters. The molecule has 0 aromatic carbocycles. The Kier molecular flexibility index (Phi) is 7.56. The van der Waals surface area contributed by atoms with Crippen LogP contribution in [0.5, 0.6) is 0 Å². The standard InChI is InChI=1S/C17H18N4O3S2/c1-3-24-15(23)8-13-10-26-17(20-13)21-14(22)6-7-25-16-12(9-18)5-4-11(2)19-16/h4-5,10H,3,6-8H2,1-2H3,(H,20,21,22). The highest BCUT2D eigenvalue weighted by Gasteiger charge is 2.11. The summed E-state index contributed by atoms with van der Waals surface area (Å²) in [6.07, 6.45) is 0.351. The first-order valence-electron chi connectivity index (χ1n) is 7.92. The lowest BCUT2D eigenvalue weighted by Crippen LogP contribution is -2.12. The number of nitriles is 1. The molecule has 0 saturated carbocycles. The van der Waals surface area contributed by atoms with Gasteiger partial charge in [0.2, 0.25) is 5.91 Å². The van der Waals surface area contributed by atoms with Crippen molar-refractivity contribution in [3.63, 3.8) is 0 Å². The molecule has 1 amide bonds. The van der Waals surface area contributed by atoms with E-state index in [9.17, 15) is 9.59 Å². The molecule has 0 radical (unpaired) electrons. The number of ether oxygens (including phenoxy) is 1. The molecular formula is C17H18N4O3S2. The maximum absolute atomic E-state index is 12.0. The summed E-state index contributed by atoms with van der Waals surface area (Å²) in [7, 11) is 0. The number of hydrogen-bond acceptors (Lipinski definition) is 8. The number of nitrogens with zero attached hydrogens (tertiary/aromatic N) is 3. The second kappa shape index (κ2) is 9.89. The Balaban J connectivity index is 1.81. The molecular weight excluding hydrogens is 372 g/mol. The van der Waals surface area contributed by atoms with Gasteiger partial charge in [-0.2, -0.15) is 5.26 Å². The minimum absolute atomic E-state index is 0.0893. The van der Waals surface area contributed by atoms with E-state index in [-0.39, 0.29) is 24.7 Å². The Hall–Kier alpha value is -2.44. The van der Waals surface area contributed by atoms with Crippen LogP contribution in [0.1, 0.15) is 30.3 Å². The minimum atomic E-state index is -0.342. The highest BCUT2D eigenvalue weighted by molar-refractivity contribution is 7.99. The van der Waals surface area contributed by atoms with E-state index in [1.54, 1.807) is 24.4 Å². The maximum Gasteiger partial charge on any atom is 0.311 e. The van der Waals surface area contributed by atoms with Crippen LogP contribution in [0.25, 0.3) is 0 Å². The van der Waals surface area contributed by atoms with E-state index < -0.39 is 0 Å². The first-order chi connectivity index (χ1) is 12.5. The number of thioether (sulfide) groups is 1. The molecule has 26 heavy (non-hydrogen) atoms. The Morgan fingerprint density at radius 3 is 2.92 bits per heavy atom. The molecule has 0 bridgehead atoms. The zero-order valence-electron chi connectivity index (χ0n) is 14.4. The van der Waals surface area contributed by atoms with Crippen LogP contribution in [0.4, 0.5) is 5.13 Å². The van der Waals surface area contributed by atoms with Crippen molar-refractivity contribution in [2.45, 2.75) is 31.7 Å². The van der Waals surface area contributed by atoms with Crippen molar-refractivity contribution in [2.75, 3.05) is 17.7 Å². The number of pyridine rings is 1. The molecule has 0 spiro atoms. The third-order valence-corrected chi connectivity index (χ3v) is 4.92. The van der Waals surface area contributed by atoms with E-state index in [1.165, 1.54) is 23.1 Å². The molecule has 0 saturated heterocycles. The van der Waals surface area contributed by atoms with Gasteiger partial charge in [0.25, 0.3) is 0 Å². The van der Waals surface area contributed by atoms with Gasteiger partial charge in [-0.15, -0.1) is 23.1 Å².